The normalized spacial score (nSPS) is 21.1. The van der Waals surface area contributed by atoms with E-state index in [1.807, 2.05) is 6.92 Å². The summed E-state index contributed by atoms with van der Waals surface area (Å²) < 4.78 is 67.5. The van der Waals surface area contributed by atoms with E-state index in [1.54, 1.807) is 43.3 Å². The number of sulfonamides is 1. The van der Waals surface area contributed by atoms with Crippen molar-refractivity contribution in [2.45, 2.75) is 50.2 Å². The van der Waals surface area contributed by atoms with E-state index in [2.05, 4.69) is 0 Å². The van der Waals surface area contributed by atoms with Gasteiger partial charge in [-0.3, -0.25) is 0 Å². The fourth-order valence-electron chi connectivity index (χ4n) is 3.86. The van der Waals surface area contributed by atoms with Gasteiger partial charge < -0.3 is 0 Å². The fourth-order valence-corrected chi connectivity index (χ4v) is 5.63. The Bertz CT molecular complexity index is 969. The first-order valence-corrected chi connectivity index (χ1v) is 10.1. The second-order valence-corrected chi connectivity index (χ2v) is 9.46. The van der Waals surface area contributed by atoms with Crippen molar-refractivity contribution in [3.63, 3.8) is 0 Å². The Morgan fingerprint density at radius 2 is 1.78 bits per heavy atom. The number of alkyl halides is 3. The van der Waals surface area contributed by atoms with Crippen LogP contribution in [-0.2, 0) is 22.0 Å². The van der Waals surface area contributed by atoms with Gasteiger partial charge in [0.2, 0.25) is 10.0 Å². The van der Waals surface area contributed by atoms with Crippen LogP contribution in [0.4, 0.5) is 13.2 Å². The molecule has 0 amide bonds. The number of nitrogens with zero attached hydrogens (tertiary/aromatic N) is 1. The summed E-state index contributed by atoms with van der Waals surface area (Å²) in [5.74, 6) is 0. The van der Waals surface area contributed by atoms with Crippen LogP contribution in [0, 0.1) is 13.8 Å². The minimum absolute atomic E-state index is 0.0692. The van der Waals surface area contributed by atoms with Gasteiger partial charge in [-0.2, -0.15) is 17.5 Å². The van der Waals surface area contributed by atoms with Crippen molar-refractivity contribution in [1.82, 2.24) is 4.31 Å². The number of aryl methyl sites for hydroxylation is 2. The topological polar surface area (TPSA) is 37.4 Å². The van der Waals surface area contributed by atoms with Gasteiger partial charge in [0.05, 0.1) is 11.3 Å². The fraction of sp³-hybridized carbons (Fsp3) is 0.400. The zero-order valence-electron chi connectivity index (χ0n) is 15.5. The van der Waals surface area contributed by atoms with Crippen LogP contribution in [0.25, 0.3) is 0 Å². The highest BCUT2D eigenvalue weighted by Crippen LogP contribution is 2.43. The van der Waals surface area contributed by atoms with E-state index in [9.17, 15) is 21.6 Å². The number of rotatable bonds is 3. The van der Waals surface area contributed by atoms with Gasteiger partial charge in [-0.05, 0) is 36.6 Å². The lowest BCUT2D eigenvalue weighted by Gasteiger charge is -2.42. The Balaban J connectivity index is 2.11. The third-order valence-corrected chi connectivity index (χ3v) is 7.04. The molecule has 0 fully saturated rings. The molecule has 2 aromatic carbocycles. The lowest BCUT2D eigenvalue weighted by Crippen LogP contribution is -2.48. The SMILES string of the molecule is Cc1ccc2c(c1)C(C)(CC(F)(F)F)CN(S(=O)(=O)c1ccccc1C)C2. The number of hydrogen-bond acceptors (Lipinski definition) is 2. The number of hydrogen-bond donors (Lipinski definition) is 0. The molecule has 0 N–H and O–H groups in total. The summed E-state index contributed by atoms with van der Waals surface area (Å²) in [6.07, 6.45) is -5.47. The zero-order chi connectivity index (χ0) is 20.0. The number of fused-ring (bicyclic) bond motifs is 1. The molecule has 2 aromatic rings. The summed E-state index contributed by atoms with van der Waals surface area (Å²) in [6, 6.07) is 11.8. The molecule has 0 aromatic heterocycles. The molecule has 1 heterocycles. The summed E-state index contributed by atoms with van der Waals surface area (Å²) in [6.45, 7) is 4.87. The van der Waals surface area contributed by atoms with E-state index >= 15 is 0 Å². The molecule has 3 rings (SSSR count). The quantitative estimate of drug-likeness (QED) is 0.752. The Morgan fingerprint density at radius 3 is 2.41 bits per heavy atom. The molecule has 1 atom stereocenters. The van der Waals surface area contributed by atoms with Gasteiger partial charge in [0.1, 0.15) is 0 Å². The standard InChI is InChI=1S/C20H22F3NO2S/c1-14-8-9-16-11-24(27(25,26)18-7-5-4-6-15(18)2)13-19(3,17(16)10-14)12-20(21,22)23/h4-10H,11-13H2,1-3H3. The number of halogens is 3. The molecule has 3 nitrogen and oxygen atoms in total. The molecule has 7 heteroatoms. The third-order valence-electron chi connectivity index (χ3n) is 5.09. The molecule has 0 radical (unpaired) electrons. The maximum absolute atomic E-state index is 13.3. The molecule has 0 aliphatic carbocycles. The van der Waals surface area contributed by atoms with Gasteiger partial charge in [-0.1, -0.05) is 48.9 Å². The van der Waals surface area contributed by atoms with Crippen LogP contribution >= 0.6 is 0 Å². The van der Waals surface area contributed by atoms with Crippen LogP contribution in [0.1, 0.15) is 35.6 Å². The predicted molar refractivity (Wildman–Crippen MR) is 98.0 cm³/mol. The Hall–Kier alpha value is -1.86. The summed E-state index contributed by atoms with van der Waals surface area (Å²) >= 11 is 0. The Morgan fingerprint density at radius 1 is 1.11 bits per heavy atom. The highest BCUT2D eigenvalue weighted by atomic mass is 32.2. The van der Waals surface area contributed by atoms with Crippen LogP contribution in [0.5, 0.6) is 0 Å². The highest BCUT2D eigenvalue weighted by molar-refractivity contribution is 7.89. The van der Waals surface area contributed by atoms with E-state index in [4.69, 9.17) is 0 Å². The van der Waals surface area contributed by atoms with E-state index in [-0.39, 0.29) is 18.0 Å². The molecule has 146 valence electrons. The largest absolute Gasteiger partial charge is 0.390 e. The van der Waals surface area contributed by atoms with Gasteiger partial charge in [0.25, 0.3) is 0 Å². The van der Waals surface area contributed by atoms with Gasteiger partial charge in [-0.15, -0.1) is 0 Å². The van der Waals surface area contributed by atoms with Gasteiger partial charge in [0.15, 0.2) is 0 Å². The van der Waals surface area contributed by atoms with Crippen molar-refractivity contribution in [2.75, 3.05) is 6.54 Å². The second kappa shape index (κ2) is 6.63. The smallest absolute Gasteiger partial charge is 0.207 e. The first kappa shape index (κ1) is 19.9. The van der Waals surface area contributed by atoms with E-state index < -0.39 is 28.0 Å². The molecule has 1 unspecified atom stereocenters. The van der Waals surface area contributed by atoms with Crippen molar-refractivity contribution >= 4 is 10.0 Å². The summed E-state index contributed by atoms with van der Waals surface area (Å²) in [7, 11) is -3.91. The van der Waals surface area contributed by atoms with Crippen LogP contribution in [-0.4, -0.2) is 25.4 Å². The second-order valence-electron chi connectivity index (χ2n) is 7.55. The van der Waals surface area contributed by atoms with Crippen molar-refractivity contribution in [1.29, 1.82) is 0 Å². The van der Waals surface area contributed by atoms with Crippen LogP contribution in [0.3, 0.4) is 0 Å². The van der Waals surface area contributed by atoms with E-state index in [1.165, 1.54) is 17.3 Å². The van der Waals surface area contributed by atoms with Gasteiger partial charge >= 0.3 is 6.18 Å². The van der Waals surface area contributed by atoms with Crippen LogP contribution in [0.2, 0.25) is 0 Å². The number of benzene rings is 2. The average Bonchev–Trinajstić information content (AvgIpc) is 2.53. The van der Waals surface area contributed by atoms with Crippen LogP contribution in [0.15, 0.2) is 47.4 Å². The molecular formula is C20H22F3NO2S. The van der Waals surface area contributed by atoms with Crippen LogP contribution < -0.4 is 0 Å². The Labute approximate surface area is 157 Å². The summed E-state index contributed by atoms with van der Waals surface area (Å²) in [5, 5.41) is 0. The van der Waals surface area contributed by atoms with Crippen molar-refractivity contribution in [2.24, 2.45) is 0 Å². The maximum Gasteiger partial charge on any atom is 0.390 e. The molecule has 0 bridgehead atoms. The average molecular weight is 397 g/mol. The molecule has 0 spiro atoms. The van der Waals surface area contributed by atoms with Gasteiger partial charge in [0, 0.05) is 18.5 Å². The van der Waals surface area contributed by atoms with Crippen molar-refractivity contribution < 1.29 is 21.6 Å². The lowest BCUT2D eigenvalue weighted by molar-refractivity contribution is -0.148. The Kier molecular flexibility index (Phi) is 4.89. The summed E-state index contributed by atoms with van der Waals surface area (Å²) in [4.78, 5) is 0.134. The molecule has 1 aliphatic rings. The first-order chi connectivity index (χ1) is 12.4. The predicted octanol–water partition coefficient (Wildman–Crippen LogP) is 4.72. The lowest BCUT2D eigenvalue weighted by atomic mass is 9.74. The van der Waals surface area contributed by atoms with Crippen molar-refractivity contribution in [3.05, 3.63) is 64.7 Å². The first-order valence-electron chi connectivity index (χ1n) is 8.65. The maximum atomic E-state index is 13.3. The van der Waals surface area contributed by atoms with Gasteiger partial charge in [-0.25, -0.2) is 8.42 Å². The highest BCUT2D eigenvalue weighted by Gasteiger charge is 2.47. The third kappa shape index (κ3) is 3.89. The minimum atomic E-state index is -4.40. The van der Waals surface area contributed by atoms with Crippen molar-refractivity contribution in [3.8, 4) is 0 Å². The van der Waals surface area contributed by atoms with E-state index in [0.717, 1.165) is 5.56 Å². The summed E-state index contributed by atoms with van der Waals surface area (Å²) in [5.41, 5.74) is 1.29. The monoisotopic (exact) mass is 397 g/mol. The zero-order valence-corrected chi connectivity index (χ0v) is 16.3. The molecule has 27 heavy (non-hydrogen) atoms. The minimum Gasteiger partial charge on any atom is -0.207 e. The van der Waals surface area contributed by atoms with E-state index in [0.29, 0.717) is 16.7 Å². The molecule has 1 aliphatic heterocycles. The molecule has 0 saturated carbocycles. The molecule has 0 saturated heterocycles. The molecular weight excluding hydrogens is 375 g/mol.